The smallest absolute Gasteiger partial charge is 0.204 e. The van der Waals surface area contributed by atoms with Crippen LogP contribution in [0.25, 0.3) is 5.69 Å². The molecule has 0 atom stereocenters. The highest BCUT2D eigenvalue weighted by atomic mass is 15.1. The Balaban J connectivity index is 2.53. The van der Waals surface area contributed by atoms with E-state index in [1.165, 1.54) is 0 Å². The SMILES string of the molecule is Nc1cccc(-n2ccnc2N)c1. The summed E-state index contributed by atoms with van der Waals surface area (Å²) in [7, 11) is 0. The van der Waals surface area contributed by atoms with Crippen molar-refractivity contribution in [2.45, 2.75) is 0 Å². The van der Waals surface area contributed by atoms with E-state index >= 15 is 0 Å². The van der Waals surface area contributed by atoms with E-state index in [4.69, 9.17) is 11.5 Å². The summed E-state index contributed by atoms with van der Waals surface area (Å²) in [5.41, 5.74) is 12.9. The van der Waals surface area contributed by atoms with E-state index in [9.17, 15) is 0 Å². The summed E-state index contributed by atoms with van der Waals surface area (Å²) < 4.78 is 1.77. The number of nitrogens with two attached hydrogens (primary N) is 2. The minimum atomic E-state index is 0.464. The van der Waals surface area contributed by atoms with Gasteiger partial charge in [-0.25, -0.2) is 4.98 Å². The Labute approximate surface area is 75.8 Å². The number of nitrogen functional groups attached to an aromatic ring is 2. The highest BCUT2D eigenvalue weighted by molar-refractivity contribution is 5.49. The zero-order chi connectivity index (χ0) is 9.26. The Morgan fingerprint density at radius 1 is 1.23 bits per heavy atom. The summed E-state index contributed by atoms with van der Waals surface area (Å²) in [6.07, 6.45) is 3.45. The molecule has 0 spiro atoms. The van der Waals surface area contributed by atoms with Crippen molar-refractivity contribution in [1.82, 2.24) is 9.55 Å². The molecule has 1 aromatic heterocycles. The Morgan fingerprint density at radius 3 is 2.69 bits per heavy atom. The molecule has 1 aromatic carbocycles. The maximum Gasteiger partial charge on any atom is 0.204 e. The van der Waals surface area contributed by atoms with Crippen LogP contribution in [-0.2, 0) is 0 Å². The number of imidazole rings is 1. The topological polar surface area (TPSA) is 69.9 Å². The number of aromatic nitrogens is 2. The van der Waals surface area contributed by atoms with E-state index in [0.717, 1.165) is 5.69 Å². The largest absolute Gasteiger partial charge is 0.399 e. The van der Waals surface area contributed by atoms with Gasteiger partial charge in [-0.1, -0.05) is 6.07 Å². The van der Waals surface area contributed by atoms with Gasteiger partial charge < -0.3 is 11.5 Å². The Hall–Kier alpha value is -1.97. The van der Waals surface area contributed by atoms with Gasteiger partial charge in [0.25, 0.3) is 0 Å². The van der Waals surface area contributed by atoms with Gasteiger partial charge in [-0.2, -0.15) is 0 Å². The van der Waals surface area contributed by atoms with Gasteiger partial charge in [-0.05, 0) is 18.2 Å². The Kier molecular flexibility index (Phi) is 1.66. The van der Waals surface area contributed by atoms with Gasteiger partial charge in [0, 0.05) is 18.1 Å². The van der Waals surface area contributed by atoms with Crippen LogP contribution in [0.5, 0.6) is 0 Å². The van der Waals surface area contributed by atoms with Crippen molar-refractivity contribution >= 4 is 11.6 Å². The lowest BCUT2D eigenvalue weighted by Crippen LogP contribution is -1.99. The monoisotopic (exact) mass is 174 g/mol. The van der Waals surface area contributed by atoms with E-state index < -0.39 is 0 Å². The average molecular weight is 174 g/mol. The third-order valence-electron chi connectivity index (χ3n) is 1.82. The van der Waals surface area contributed by atoms with Crippen molar-refractivity contribution in [2.75, 3.05) is 11.5 Å². The molecular weight excluding hydrogens is 164 g/mol. The Bertz CT molecular complexity index is 419. The molecule has 0 radical (unpaired) electrons. The standard InChI is InChI=1S/C9H10N4/c10-7-2-1-3-8(6-7)13-5-4-12-9(13)11/h1-6H,10H2,(H2,11,12). The van der Waals surface area contributed by atoms with Gasteiger partial charge in [0.15, 0.2) is 0 Å². The molecule has 0 unspecified atom stereocenters. The van der Waals surface area contributed by atoms with Crippen LogP contribution in [0.3, 0.4) is 0 Å². The number of hydrogen-bond donors (Lipinski definition) is 2. The molecule has 4 N–H and O–H groups in total. The average Bonchev–Trinajstić information content (AvgIpc) is 2.51. The first kappa shape index (κ1) is 7.67. The summed E-state index contributed by atoms with van der Waals surface area (Å²) >= 11 is 0. The fraction of sp³-hybridized carbons (Fsp3) is 0. The van der Waals surface area contributed by atoms with Gasteiger partial charge in [0.05, 0.1) is 5.69 Å². The molecule has 4 heteroatoms. The zero-order valence-corrected chi connectivity index (χ0v) is 7.01. The molecule has 0 fully saturated rings. The summed E-state index contributed by atoms with van der Waals surface area (Å²) in [5, 5.41) is 0. The van der Waals surface area contributed by atoms with Crippen molar-refractivity contribution in [1.29, 1.82) is 0 Å². The molecule has 0 aliphatic carbocycles. The first-order valence-electron chi connectivity index (χ1n) is 3.92. The van der Waals surface area contributed by atoms with E-state index in [0.29, 0.717) is 11.6 Å². The number of nitrogens with zero attached hydrogens (tertiary/aromatic N) is 2. The normalized spacial score (nSPS) is 10.2. The molecule has 2 aromatic rings. The molecular formula is C9H10N4. The van der Waals surface area contributed by atoms with E-state index in [2.05, 4.69) is 4.98 Å². The van der Waals surface area contributed by atoms with Crippen LogP contribution in [0.1, 0.15) is 0 Å². The molecule has 66 valence electrons. The Morgan fingerprint density at radius 2 is 2.08 bits per heavy atom. The first-order valence-corrected chi connectivity index (χ1v) is 3.92. The molecule has 0 saturated carbocycles. The third-order valence-corrected chi connectivity index (χ3v) is 1.82. The molecule has 0 amide bonds. The molecule has 0 aliphatic rings. The minimum Gasteiger partial charge on any atom is -0.399 e. The number of anilines is 2. The van der Waals surface area contributed by atoms with E-state index in [1.54, 1.807) is 17.0 Å². The number of rotatable bonds is 1. The van der Waals surface area contributed by atoms with Gasteiger partial charge in [0.2, 0.25) is 5.95 Å². The molecule has 2 rings (SSSR count). The van der Waals surface area contributed by atoms with Crippen LogP contribution in [0.4, 0.5) is 11.6 Å². The van der Waals surface area contributed by atoms with Crippen LogP contribution in [-0.4, -0.2) is 9.55 Å². The minimum absolute atomic E-state index is 0.464. The van der Waals surface area contributed by atoms with Gasteiger partial charge in [-0.15, -0.1) is 0 Å². The highest BCUT2D eigenvalue weighted by Crippen LogP contribution is 2.14. The summed E-state index contributed by atoms with van der Waals surface area (Å²) in [6.45, 7) is 0. The van der Waals surface area contributed by atoms with Crippen LogP contribution in [0, 0.1) is 0 Å². The van der Waals surface area contributed by atoms with Gasteiger partial charge in [0.1, 0.15) is 0 Å². The van der Waals surface area contributed by atoms with Crippen LogP contribution in [0.2, 0.25) is 0 Å². The number of benzene rings is 1. The van der Waals surface area contributed by atoms with Crippen molar-refractivity contribution in [3.8, 4) is 5.69 Å². The molecule has 1 heterocycles. The summed E-state index contributed by atoms with van der Waals surface area (Å²) in [4.78, 5) is 3.92. The van der Waals surface area contributed by atoms with Crippen LogP contribution < -0.4 is 11.5 Å². The summed E-state index contributed by atoms with van der Waals surface area (Å²) in [5.74, 6) is 0.464. The lowest BCUT2D eigenvalue weighted by molar-refractivity contribution is 1.08. The second kappa shape index (κ2) is 2.82. The zero-order valence-electron chi connectivity index (χ0n) is 7.01. The van der Waals surface area contributed by atoms with Crippen molar-refractivity contribution in [3.05, 3.63) is 36.7 Å². The third kappa shape index (κ3) is 1.33. The lowest BCUT2D eigenvalue weighted by atomic mass is 10.3. The predicted octanol–water partition coefficient (Wildman–Crippen LogP) is 1.04. The maximum absolute atomic E-state index is 5.64. The second-order valence-electron chi connectivity index (χ2n) is 2.75. The predicted molar refractivity (Wildman–Crippen MR) is 52.4 cm³/mol. The second-order valence-corrected chi connectivity index (χ2v) is 2.75. The van der Waals surface area contributed by atoms with E-state index in [-0.39, 0.29) is 0 Å². The molecule has 13 heavy (non-hydrogen) atoms. The van der Waals surface area contributed by atoms with Crippen LogP contribution >= 0.6 is 0 Å². The quantitative estimate of drug-likeness (QED) is 0.634. The van der Waals surface area contributed by atoms with Crippen molar-refractivity contribution in [2.24, 2.45) is 0 Å². The van der Waals surface area contributed by atoms with E-state index in [1.807, 2.05) is 24.3 Å². The fourth-order valence-electron chi connectivity index (χ4n) is 1.21. The highest BCUT2D eigenvalue weighted by Gasteiger charge is 1.99. The first-order chi connectivity index (χ1) is 6.27. The molecule has 4 nitrogen and oxygen atoms in total. The van der Waals surface area contributed by atoms with Crippen molar-refractivity contribution < 1.29 is 0 Å². The summed E-state index contributed by atoms with van der Waals surface area (Å²) in [6, 6.07) is 7.48. The molecule has 0 saturated heterocycles. The maximum atomic E-state index is 5.64. The van der Waals surface area contributed by atoms with Gasteiger partial charge >= 0.3 is 0 Å². The lowest BCUT2D eigenvalue weighted by Gasteiger charge is -2.04. The van der Waals surface area contributed by atoms with Gasteiger partial charge in [-0.3, -0.25) is 4.57 Å². The van der Waals surface area contributed by atoms with Crippen LogP contribution in [0.15, 0.2) is 36.7 Å². The molecule has 0 bridgehead atoms. The number of hydrogen-bond acceptors (Lipinski definition) is 3. The molecule has 0 aliphatic heterocycles. The fourth-order valence-corrected chi connectivity index (χ4v) is 1.21. The van der Waals surface area contributed by atoms with Crippen molar-refractivity contribution in [3.63, 3.8) is 0 Å².